The van der Waals surface area contributed by atoms with Gasteiger partial charge in [0.05, 0.1) is 24.5 Å². The fourth-order valence-corrected chi connectivity index (χ4v) is 3.06. The summed E-state index contributed by atoms with van der Waals surface area (Å²) in [7, 11) is 0. The quantitative estimate of drug-likeness (QED) is 0.785. The van der Waals surface area contributed by atoms with Crippen molar-refractivity contribution in [3.05, 3.63) is 60.4 Å². The van der Waals surface area contributed by atoms with Crippen LogP contribution in [0.2, 0.25) is 0 Å². The zero-order chi connectivity index (χ0) is 16.4. The maximum absolute atomic E-state index is 9.03. The molecule has 0 atom stereocenters. The first kappa shape index (κ1) is 14.8. The monoisotopic (exact) mass is 322 g/mol. The summed E-state index contributed by atoms with van der Waals surface area (Å²) in [5.74, 6) is 2.46. The van der Waals surface area contributed by atoms with Crippen molar-refractivity contribution in [1.29, 1.82) is 0 Å². The van der Waals surface area contributed by atoms with Crippen LogP contribution in [0.1, 0.15) is 5.56 Å². The highest BCUT2D eigenvalue weighted by atomic mass is 16.5. The van der Waals surface area contributed by atoms with Crippen LogP contribution in [-0.2, 0) is 6.42 Å². The second kappa shape index (κ2) is 6.37. The summed E-state index contributed by atoms with van der Waals surface area (Å²) < 4.78 is 13.4. The maximum atomic E-state index is 9.03. The molecular weight excluding hydrogens is 304 g/mol. The van der Waals surface area contributed by atoms with Gasteiger partial charge in [-0.2, -0.15) is 0 Å². The van der Waals surface area contributed by atoms with Crippen molar-refractivity contribution in [2.24, 2.45) is 0 Å². The third kappa shape index (κ3) is 2.53. The molecule has 122 valence electrons. The van der Waals surface area contributed by atoms with E-state index in [9.17, 15) is 0 Å². The van der Waals surface area contributed by atoms with Crippen LogP contribution < -0.4 is 9.47 Å². The lowest BCUT2D eigenvalue weighted by atomic mass is 10.1. The molecule has 1 aliphatic heterocycles. The molecule has 0 unspecified atom stereocenters. The minimum atomic E-state index is -0.0215. The van der Waals surface area contributed by atoms with Gasteiger partial charge < -0.3 is 14.6 Å². The molecule has 0 fully saturated rings. The summed E-state index contributed by atoms with van der Waals surface area (Å²) in [5.41, 5.74) is 3.17. The van der Waals surface area contributed by atoms with Gasteiger partial charge in [0.15, 0.2) is 0 Å². The van der Waals surface area contributed by atoms with E-state index in [0.717, 1.165) is 29.2 Å². The van der Waals surface area contributed by atoms with E-state index in [1.165, 1.54) is 5.56 Å². The zero-order valence-corrected chi connectivity index (χ0v) is 13.2. The van der Waals surface area contributed by atoms with E-state index in [-0.39, 0.29) is 13.2 Å². The van der Waals surface area contributed by atoms with E-state index in [1.54, 1.807) is 6.20 Å². The topological polar surface area (TPSA) is 56.5 Å². The molecule has 4 rings (SSSR count). The second-order valence-electron chi connectivity index (χ2n) is 5.54. The van der Waals surface area contributed by atoms with Gasteiger partial charge in [0.1, 0.15) is 23.9 Å². The number of hydrogen-bond donors (Lipinski definition) is 1. The lowest BCUT2D eigenvalue weighted by molar-refractivity contribution is 0.202. The Balaban J connectivity index is 1.81. The van der Waals surface area contributed by atoms with Crippen LogP contribution in [0.5, 0.6) is 11.5 Å². The van der Waals surface area contributed by atoms with Gasteiger partial charge in [0, 0.05) is 24.4 Å². The fraction of sp³-hybridized carbons (Fsp3) is 0.211. The van der Waals surface area contributed by atoms with Crippen LogP contribution in [-0.4, -0.2) is 34.5 Å². The maximum Gasteiger partial charge on any atom is 0.148 e. The highest BCUT2D eigenvalue weighted by molar-refractivity contribution is 5.67. The summed E-state index contributed by atoms with van der Waals surface area (Å²) in [4.78, 5) is 4.54. The first-order valence-electron chi connectivity index (χ1n) is 8.00. The van der Waals surface area contributed by atoms with E-state index in [4.69, 9.17) is 14.6 Å². The highest BCUT2D eigenvalue weighted by Gasteiger charge is 2.20. The summed E-state index contributed by atoms with van der Waals surface area (Å²) in [6.45, 7) is 0.950. The molecule has 0 saturated heterocycles. The fourth-order valence-electron chi connectivity index (χ4n) is 3.06. The van der Waals surface area contributed by atoms with Gasteiger partial charge in [0.25, 0.3) is 0 Å². The molecule has 1 aromatic heterocycles. The summed E-state index contributed by atoms with van der Waals surface area (Å²) in [6.07, 6.45) is 4.63. The van der Waals surface area contributed by atoms with Gasteiger partial charge >= 0.3 is 0 Å². The first-order chi connectivity index (χ1) is 11.9. The summed E-state index contributed by atoms with van der Waals surface area (Å²) in [5, 5.41) is 9.03. The molecule has 2 heterocycles. The molecule has 0 saturated carbocycles. The van der Waals surface area contributed by atoms with Crippen molar-refractivity contribution in [3.63, 3.8) is 0 Å². The van der Waals surface area contributed by atoms with E-state index in [0.29, 0.717) is 12.4 Å². The average Bonchev–Trinajstić information content (AvgIpc) is 3.29. The van der Waals surface area contributed by atoms with Gasteiger partial charge in [-0.1, -0.05) is 18.2 Å². The Kier molecular flexibility index (Phi) is 3.92. The Labute approximate surface area is 140 Å². The Morgan fingerprint density at radius 1 is 1.17 bits per heavy atom. The van der Waals surface area contributed by atoms with Gasteiger partial charge in [-0.15, -0.1) is 0 Å². The van der Waals surface area contributed by atoms with Crippen LogP contribution in [0.3, 0.4) is 0 Å². The van der Waals surface area contributed by atoms with Crippen molar-refractivity contribution >= 4 is 0 Å². The molecule has 0 bridgehead atoms. The van der Waals surface area contributed by atoms with Crippen LogP contribution in [0.25, 0.3) is 17.1 Å². The Morgan fingerprint density at radius 3 is 3.00 bits per heavy atom. The number of aliphatic hydroxyl groups excluding tert-OH is 1. The average molecular weight is 322 g/mol. The lowest BCUT2D eigenvalue weighted by Crippen LogP contribution is -2.05. The SMILES string of the molecule is OCCOc1ccccc1-c1nccn1-c1cccc2c1CCO2. The second-order valence-corrected chi connectivity index (χ2v) is 5.54. The molecule has 3 aromatic rings. The van der Waals surface area contributed by atoms with Gasteiger partial charge in [-0.05, 0) is 24.3 Å². The van der Waals surface area contributed by atoms with Crippen LogP contribution in [0.15, 0.2) is 54.9 Å². The molecular formula is C19H18N2O3. The van der Waals surface area contributed by atoms with Crippen molar-refractivity contribution in [2.45, 2.75) is 6.42 Å². The smallest absolute Gasteiger partial charge is 0.148 e. The van der Waals surface area contributed by atoms with E-state index in [2.05, 4.69) is 15.6 Å². The Hall–Kier alpha value is -2.79. The largest absolute Gasteiger partial charge is 0.493 e. The molecule has 24 heavy (non-hydrogen) atoms. The van der Waals surface area contributed by atoms with Crippen molar-refractivity contribution < 1.29 is 14.6 Å². The van der Waals surface area contributed by atoms with Crippen LogP contribution >= 0.6 is 0 Å². The van der Waals surface area contributed by atoms with Crippen LogP contribution in [0.4, 0.5) is 0 Å². The molecule has 5 nitrogen and oxygen atoms in total. The minimum Gasteiger partial charge on any atom is -0.493 e. The molecule has 0 aliphatic carbocycles. The van der Waals surface area contributed by atoms with Gasteiger partial charge in [-0.25, -0.2) is 4.98 Å². The predicted molar refractivity (Wildman–Crippen MR) is 90.8 cm³/mol. The summed E-state index contributed by atoms with van der Waals surface area (Å²) in [6, 6.07) is 13.8. The number of aliphatic hydroxyl groups is 1. The third-order valence-electron chi connectivity index (χ3n) is 4.10. The van der Waals surface area contributed by atoms with E-state index < -0.39 is 0 Å². The summed E-state index contributed by atoms with van der Waals surface area (Å²) >= 11 is 0. The molecule has 0 spiro atoms. The number of ether oxygens (including phenoxy) is 2. The number of imidazole rings is 1. The number of hydrogen-bond acceptors (Lipinski definition) is 4. The molecule has 1 N–H and O–H groups in total. The first-order valence-corrected chi connectivity index (χ1v) is 8.00. The van der Waals surface area contributed by atoms with Gasteiger partial charge in [0.2, 0.25) is 0 Å². The van der Waals surface area contributed by atoms with Crippen molar-refractivity contribution in [1.82, 2.24) is 9.55 Å². The zero-order valence-electron chi connectivity index (χ0n) is 13.2. The number of nitrogens with zero attached hydrogens (tertiary/aromatic N) is 2. The molecule has 5 heteroatoms. The Bertz CT molecular complexity index is 857. The number of para-hydroxylation sites is 1. The molecule has 2 aromatic carbocycles. The van der Waals surface area contributed by atoms with E-state index >= 15 is 0 Å². The third-order valence-corrected chi connectivity index (χ3v) is 4.10. The van der Waals surface area contributed by atoms with Crippen molar-refractivity contribution in [3.8, 4) is 28.6 Å². The van der Waals surface area contributed by atoms with Crippen molar-refractivity contribution in [2.75, 3.05) is 19.8 Å². The standard InChI is InChI=1S/C19H18N2O3/c22-11-13-24-18-6-2-1-4-15(18)19-20-9-10-21(19)16-5-3-7-17-14(16)8-12-23-17/h1-7,9-10,22H,8,11-13H2. The number of fused-ring (bicyclic) bond motifs is 1. The highest BCUT2D eigenvalue weighted by Crippen LogP contribution is 2.35. The number of rotatable bonds is 5. The Morgan fingerprint density at radius 2 is 2.08 bits per heavy atom. The van der Waals surface area contributed by atoms with Gasteiger partial charge in [-0.3, -0.25) is 4.57 Å². The predicted octanol–water partition coefficient (Wildman–Crippen LogP) is 2.85. The molecule has 1 aliphatic rings. The molecule has 0 radical (unpaired) electrons. The number of benzene rings is 2. The minimum absolute atomic E-state index is 0.0215. The van der Waals surface area contributed by atoms with E-state index in [1.807, 2.05) is 42.6 Å². The number of aromatic nitrogens is 2. The molecule has 0 amide bonds. The normalized spacial score (nSPS) is 12.7. The lowest BCUT2D eigenvalue weighted by Gasteiger charge is -2.14. The van der Waals surface area contributed by atoms with Crippen LogP contribution in [0, 0.1) is 0 Å².